The summed E-state index contributed by atoms with van der Waals surface area (Å²) in [7, 11) is 1.42. The first-order chi connectivity index (χ1) is 11.6. The van der Waals surface area contributed by atoms with E-state index in [-0.39, 0.29) is 30.5 Å². The van der Waals surface area contributed by atoms with E-state index >= 15 is 0 Å². The van der Waals surface area contributed by atoms with Gasteiger partial charge in [0.1, 0.15) is 11.8 Å². The van der Waals surface area contributed by atoms with Crippen LogP contribution in [0.2, 0.25) is 0 Å². The molecule has 24 heavy (non-hydrogen) atoms. The van der Waals surface area contributed by atoms with Crippen LogP contribution >= 0.6 is 0 Å². The second-order valence-electron chi connectivity index (χ2n) is 6.86. The van der Waals surface area contributed by atoms with Crippen LogP contribution in [0.3, 0.4) is 0 Å². The highest BCUT2D eigenvalue weighted by Gasteiger charge is 2.46. The number of furan rings is 1. The Balaban J connectivity index is 1.65. The van der Waals surface area contributed by atoms with Crippen molar-refractivity contribution >= 4 is 11.9 Å². The number of methoxy groups -OCH3 is 1. The predicted molar refractivity (Wildman–Crippen MR) is 88.1 cm³/mol. The average molecular weight is 334 g/mol. The van der Waals surface area contributed by atoms with Gasteiger partial charge in [-0.15, -0.1) is 0 Å². The van der Waals surface area contributed by atoms with Gasteiger partial charge in [-0.1, -0.05) is 12.8 Å². The topological polar surface area (TPSA) is 71.8 Å². The molecule has 6 nitrogen and oxygen atoms in total. The summed E-state index contributed by atoms with van der Waals surface area (Å²) in [4.78, 5) is 26.7. The zero-order valence-corrected chi connectivity index (χ0v) is 14.4. The number of amides is 1. The van der Waals surface area contributed by atoms with Crippen molar-refractivity contribution in [3.63, 3.8) is 0 Å². The lowest BCUT2D eigenvalue weighted by molar-refractivity contribution is -0.146. The van der Waals surface area contributed by atoms with E-state index in [1.165, 1.54) is 13.5 Å². The van der Waals surface area contributed by atoms with Crippen LogP contribution in [-0.2, 0) is 14.3 Å². The molecular weight excluding hydrogens is 308 g/mol. The summed E-state index contributed by atoms with van der Waals surface area (Å²) in [5.41, 5.74) is 0. The zero-order valence-electron chi connectivity index (χ0n) is 14.4. The van der Waals surface area contributed by atoms with Crippen molar-refractivity contribution in [1.29, 1.82) is 0 Å². The standard InChI is InChI=1S/C18H26N2O4/c1-12(16-8-5-9-24-16)19-17(21)11-20-14-7-4-3-6-13(14)10-15(20)18(22)23-2/h5,8-9,12-15H,3-4,6-7,10-11H2,1-2H3,(H,19,21)/t12-,13-,14+,15-/m0/s1. The van der Waals surface area contributed by atoms with E-state index in [1.807, 2.05) is 13.0 Å². The van der Waals surface area contributed by atoms with Crippen LogP contribution in [0.25, 0.3) is 0 Å². The van der Waals surface area contributed by atoms with Crippen molar-refractivity contribution < 1.29 is 18.7 Å². The molecule has 3 rings (SSSR count). The number of carbonyl (C=O) groups is 2. The minimum absolute atomic E-state index is 0.0842. The number of hydrogen-bond donors (Lipinski definition) is 1. The highest BCUT2D eigenvalue weighted by Crippen LogP contribution is 2.39. The lowest BCUT2D eigenvalue weighted by atomic mass is 9.85. The molecule has 1 saturated heterocycles. The molecule has 132 valence electrons. The molecule has 1 aromatic heterocycles. The van der Waals surface area contributed by atoms with Crippen LogP contribution in [0, 0.1) is 5.92 Å². The van der Waals surface area contributed by atoms with Crippen molar-refractivity contribution in [3.8, 4) is 0 Å². The Morgan fingerprint density at radius 1 is 1.42 bits per heavy atom. The molecule has 0 unspecified atom stereocenters. The summed E-state index contributed by atoms with van der Waals surface area (Å²) >= 11 is 0. The number of esters is 1. The van der Waals surface area contributed by atoms with Gasteiger partial charge in [-0.2, -0.15) is 0 Å². The molecular formula is C18H26N2O4. The summed E-state index contributed by atoms with van der Waals surface area (Å²) in [6.07, 6.45) is 6.97. The largest absolute Gasteiger partial charge is 0.468 e. The van der Waals surface area contributed by atoms with Gasteiger partial charge in [-0.3, -0.25) is 14.5 Å². The number of nitrogens with one attached hydrogen (secondary N) is 1. The number of carbonyl (C=O) groups excluding carboxylic acids is 2. The van der Waals surface area contributed by atoms with Crippen molar-refractivity contribution in [1.82, 2.24) is 10.2 Å². The Morgan fingerprint density at radius 3 is 2.92 bits per heavy atom. The summed E-state index contributed by atoms with van der Waals surface area (Å²) in [6.45, 7) is 2.12. The highest BCUT2D eigenvalue weighted by atomic mass is 16.5. The molecule has 1 amide bonds. The highest BCUT2D eigenvalue weighted by molar-refractivity contribution is 5.81. The third-order valence-electron chi connectivity index (χ3n) is 5.37. The molecule has 0 aromatic carbocycles. The number of hydrogen-bond acceptors (Lipinski definition) is 5. The lowest BCUT2D eigenvalue weighted by Crippen LogP contribution is -2.48. The summed E-state index contributed by atoms with van der Waals surface area (Å²) in [5.74, 6) is 0.915. The Bertz CT molecular complexity index is 572. The van der Waals surface area contributed by atoms with Gasteiger partial charge in [0.2, 0.25) is 5.91 Å². The van der Waals surface area contributed by atoms with Crippen LogP contribution in [0.5, 0.6) is 0 Å². The van der Waals surface area contributed by atoms with Gasteiger partial charge in [0.15, 0.2) is 0 Å². The molecule has 4 atom stereocenters. The summed E-state index contributed by atoms with van der Waals surface area (Å²) in [5, 5.41) is 2.96. The molecule has 0 bridgehead atoms. The molecule has 1 saturated carbocycles. The quantitative estimate of drug-likeness (QED) is 0.836. The predicted octanol–water partition coefficient (Wildman–Crippen LogP) is 2.26. The van der Waals surface area contributed by atoms with Gasteiger partial charge in [0, 0.05) is 6.04 Å². The Labute approximate surface area is 142 Å². The van der Waals surface area contributed by atoms with E-state index in [9.17, 15) is 9.59 Å². The number of fused-ring (bicyclic) bond motifs is 1. The molecule has 0 spiro atoms. The van der Waals surface area contributed by atoms with Crippen LogP contribution in [0.1, 0.15) is 50.8 Å². The number of nitrogens with zero attached hydrogens (tertiary/aromatic N) is 1. The van der Waals surface area contributed by atoms with Gasteiger partial charge in [-0.05, 0) is 44.2 Å². The van der Waals surface area contributed by atoms with E-state index in [4.69, 9.17) is 9.15 Å². The molecule has 6 heteroatoms. The molecule has 2 fully saturated rings. The fourth-order valence-electron chi connectivity index (χ4n) is 4.21. The average Bonchev–Trinajstić information content (AvgIpc) is 3.22. The summed E-state index contributed by atoms with van der Waals surface area (Å²) in [6, 6.07) is 3.47. The third kappa shape index (κ3) is 3.48. The number of ether oxygens (including phenoxy) is 1. The monoisotopic (exact) mass is 334 g/mol. The molecule has 1 aromatic rings. The summed E-state index contributed by atoms with van der Waals surface area (Å²) < 4.78 is 10.3. The maximum atomic E-state index is 12.5. The van der Waals surface area contributed by atoms with Crippen LogP contribution in [-0.4, -0.2) is 42.5 Å². The maximum absolute atomic E-state index is 12.5. The minimum atomic E-state index is -0.298. The van der Waals surface area contributed by atoms with Gasteiger partial charge >= 0.3 is 5.97 Å². The minimum Gasteiger partial charge on any atom is -0.468 e. The number of rotatable bonds is 5. The Hall–Kier alpha value is -1.82. The van der Waals surface area contributed by atoms with Gasteiger partial charge in [0.05, 0.1) is 26.0 Å². The van der Waals surface area contributed by atoms with E-state index in [0.717, 1.165) is 31.4 Å². The molecule has 0 radical (unpaired) electrons. The number of likely N-dealkylation sites (tertiary alicyclic amines) is 1. The van der Waals surface area contributed by atoms with E-state index in [1.54, 1.807) is 12.3 Å². The first-order valence-electron chi connectivity index (χ1n) is 8.76. The molecule has 1 aliphatic heterocycles. The van der Waals surface area contributed by atoms with Crippen molar-refractivity contribution in [2.45, 2.75) is 57.2 Å². The normalized spacial score (nSPS) is 28.2. The molecule has 1 aliphatic carbocycles. The van der Waals surface area contributed by atoms with Crippen LogP contribution < -0.4 is 5.32 Å². The SMILES string of the molecule is COC(=O)[C@@H]1C[C@@H]2CCCC[C@H]2N1CC(=O)N[C@@H](C)c1ccco1. The Kier molecular flexibility index (Phi) is 5.23. The second-order valence-corrected chi connectivity index (χ2v) is 6.86. The van der Waals surface area contributed by atoms with E-state index < -0.39 is 0 Å². The van der Waals surface area contributed by atoms with Gasteiger partial charge in [0.25, 0.3) is 0 Å². The van der Waals surface area contributed by atoms with Crippen molar-refractivity contribution in [3.05, 3.63) is 24.2 Å². The third-order valence-corrected chi connectivity index (χ3v) is 5.37. The molecule has 2 heterocycles. The Morgan fingerprint density at radius 2 is 2.21 bits per heavy atom. The maximum Gasteiger partial charge on any atom is 0.323 e. The molecule has 1 N–H and O–H groups in total. The molecule has 2 aliphatic rings. The second kappa shape index (κ2) is 7.38. The fraction of sp³-hybridized carbons (Fsp3) is 0.667. The smallest absolute Gasteiger partial charge is 0.323 e. The lowest BCUT2D eigenvalue weighted by Gasteiger charge is -2.32. The first kappa shape index (κ1) is 17.0. The van der Waals surface area contributed by atoms with Gasteiger partial charge < -0.3 is 14.5 Å². The van der Waals surface area contributed by atoms with Crippen LogP contribution in [0.4, 0.5) is 0 Å². The van der Waals surface area contributed by atoms with E-state index in [2.05, 4.69) is 10.2 Å². The van der Waals surface area contributed by atoms with Gasteiger partial charge in [-0.25, -0.2) is 0 Å². The zero-order chi connectivity index (χ0) is 17.1. The fourth-order valence-corrected chi connectivity index (χ4v) is 4.21. The van der Waals surface area contributed by atoms with E-state index in [0.29, 0.717) is 12.0 Å². The van der Waals surface area contributed by atoms with Crippen LogP contribution in [0.15, 0.2) is 22.8 Å². The first-order valence-corrected chi connectivity index (χ1v) is 8.76. The van der Waals surface area contributed by atoms with Crippen molar-refractivity contribution in [2.75, 3.05) is 13.7 Å². The van der Waals surface area contributed by atoms with Crippen molar-refractivity contribution in [2.24, 2.45) is 5.92 Å².